The van der Waals surface area contributed by atoms with Crippen LogP contribution in [0.1, 0.15) is 53.7 Å². The van der Waals surface area contributed by atoms with E-state index in [1.165, 1.54) is 5.57 Å². The molecule has 0 unspecified atom stereocenters. The van der Waals surface area contributed by atoms with E-state index >= 15 is 0 Å². The van der Waals surface area contributed by atoms with Gasteiger partial charge in [-0.05, 0) is 37.8 Å². The number of carbonyl (C=O) groups is 1. The fraction of sp³-hybridized carbons (Fsp3) is 0.471. The van der Waals surface area contributed by atoms with Gasteiger partial charge in [-0.25, -0.2) is 0 Å². The first-order chi connectivity index (χ1) is 9.97. The van der Waals surface area contributed by atoms with Crippen molar-refractivity contribution in [1.29, 1.82) is 0 Å². The molecule has 1 aromatic rings. The molecule has 0 bridgehead atoms. The van der Waals surface area contributed by atoms with Gasteiger partial charge in [0, 0.05) is 5.56 Å². The number of ether oxygens (including phenoxy) is 1. The molecular weight excluding hydrogens is 268 g/mol. The fourth-order valence-electron chi connectivity index (χ4n) is 2.73. The van der Waals surface area contributed by atoms with Gasteiger partial charge in [-0.3, -0.25) is 4.79 Å². The van der Waals surface area contributed by atoms with Gasteiger partial charge in [0.25, 0.3) is 0 Å². The summed E-state index contributed by atoms with van der Waals surface area (Å²) >= 11 is 0. The van der Waals surface area contributed by atoms with E-state index in [0.717, 1.165) is 12.8 Å². The van der Waals surface area contributed by atoms with E-state index in [9.17, 15) is 15.0 Å². The first-order valence-corrected chi connectivity index (χ1v) is 7.30. The molecule has 0 spiro atoms. The number of phenolic OH excluding ortho intramolecular Hbond substituents is 2. The fourth-order valence-corrected chi connectivity index (χ4v) is 2.73. The van der Waals surface area contributed by atoms with Crippen molar-refractivity contribution >= 4 is 5.78 Å². The smallest absolute Gasteiger partial charge is 0.192 e. The Morgan fingerprint density at radius 3 is 2.67 bits per heavy atom. The minimum atomic E-state index is -0.229. The molecule has 114 valence electrons. The van der Waals surface area contributed by atoms with Crippen molar-refractivity contribution < 1.29 is 19.7 Å². The monoisotopic (exact) mass is 290 g/mol. The predicted molar refractivity (Wildman–Crippen MR) is 80.9 cm³/mol. The minimum Gasteiger partial charge on any atom is -0.507 e. The first-order valence-electron chi connectivity index (χ1n) is 7.30. The summed E-state index contributed by atoms with van der Waals surface area (Å²) in [4.78, 5) is 12.0. The van der Waals surface area contributed by atoms with Gasteiger partial charge in [0.2, 0.25) is 0 Å². The van der Waals surface area contributed by atoms with E-state index in [4.69, 9.17) is 4.74 Å². The molecule has 4 heteroatoms. The maximum atomic E-state index is 12.0. The molecule has 0 saturated heterocycles. The molecule has 1 aliphatic heterocycles. The maximum absolute atomic E-state index is 12.0. The molecule has 0 atom stereocenters. The van der Waals surface area contributed by atoms with Crippen LogP contribution in [0.15, 0.2) is 11.6 Å². The molecule has 1 aromatic carbocycles. The number of ketones is 1. The van der Waals surface area contributed by atoms with Crippen molar-refractivity contribution in [2.75, 3.05) is 6.61 Å². The normalized spacial score (nSPS) is 15.2. The van der Waals surface area contributed by atoms with E-state index in [0.29, 0.717) is 28.7 Å². The van der Waals surface area contributed by atoms with Crippen LogP contribution in [-0.4, -0.2) is 22.6 Å². The average molecular weight is 290 g/mol. The van der Waals surface area contributed by atoms with Crippen molar-refractivity contribution in [2.24, 2.45) is 0 Å². The van der Waals surface area contributed by atoms with Crippen LogP contribution in [0.4, 0.5) is 0 Å². The first kappa shape index (κ1) is 15.6. The van der Waals surface area contributed by atoms with Crippen molar-refractivity contribution in [2.45, 2.75) is 46.6 Å². The Bertz CT molecular complexity index is 600. The number of hydrogen-bond donors (Lipinski definition) is 2. The molecular formula is C17H22O4. The third kappa shape index (κ3) is 2.95. The summed E-state index contributed by atoms with van der Waals surface area (Å²) in [5, 5.41) is 20.7. The van der Waals surface area contributed by atoms with Crippen LogP contribution >= 0.6 is 0 Å². The standard InChI is InChI=1S/C17H22O4/c1-4-5-10(2)6-7-12-16(19)11(3)13-8-21-9-14(18)15(13)17(12)20/h6,19-20H,4-5,7-9H2,1-3H3/b10-6+. The molecule has 2 N–H and O–H groups in total. The van der Waals surface area contributed by atoms with Crippen LogP contribution in [0.3, 0.4) is 0 Å². The summed E-state index contributed by atoms with van der Waals surface area (Å²) in [5.74, 6) is -0.264. The number of benzene rings is 1. The van der Waals surface area contributed by atoms with Gasteiger partial charge in [-0.15, -0.1) is 0 Å². The topological polar surface area (TPSA) is 66.8 Å². The lowest BCUT2D eigenvalue weighted by molar-refractivity contribution is 0.0658. The van der Waals surface area contributed by atoms with Gasteiger partial charge in [-0.2, -0.15) is 0 Å². The summed E-state index contributed by atoms with van der Waals surface area (Å²) in [6, 6.07) is 0. The molecule has 0 saturated carbocycles. The molecule has 0 fully saturated rings. The SMILES string of the molecule is CCC/C(C)=C/Cc1c(O)c(C)c2c(c1O)C(=O)COC2. The Morgan fingerprint density at radius 2 is 2.00 bits per heavy atom. The molecule has 0 radical (unpaired) electrons. The Balaban J connectivity index is 2.47. The number of fused-ring (bicyclic) bond motifs is 1. The molecule has 0 amide bonds. The third-order valence-corrected chi connectivity index (χ3v) is 3.98. The lowest BCUT2D eigenvalue weighted by atomic mass is 9.90. The molecule has 21 heavy (non-hydrogen) atoms. The molecule has 4 nitrogen and oxygen atoms in total. The Morgan fingerprint density at radius 1 is 1.29 bits per heavy atom. The largest absolute Gasteiger partial charge is 0.507 e. The zero-order valence-electron chi connectivity index (χ0n) is 12.8. The van der Waals surface area contributed by atoms with Gasteiger partial charge in [0.15, 0.2) is 5.78 Å². The lowest BCUT2D eigenvalue weighted by Crippen LogP contribution is -2.20. The van der Waals surface area contributed by atoms with Gasteiger partial charge in [0.05, 0.1) is 12.2 Å². The van der Waals surface area contributed by atoms with Crippen molar-refractivity contribution in [3.8, 4) is 11.5 Å². The van der Waals surface area contributed by atoms with Gasteiger partial charge in [-0.1, -0.05) is 25.0 Å². The highest BCUT2D eigenvalue weighted by Crippen LogP contribution is 2.40. The predicted octanol–water partition coefficient (Wildman–Crippen LogP) is 3.41. The molecule has 0 aliphatic carbocycles. The molecule has 0 aromatic heterocycles. The van der Waals surface area contributed by atoms with Crippen molar-refractivity contribution in [1.82, 2.24) is 0 Å². The van der Waals surface area contributed by atoms with E-state index in [1.54, 1.807) is 6.92 Å². The number of rotatable bonds is 4. The van der Waals surface area contributed by atoms with Gasteiger partial charge >= 0.3 is 0 Å². The van der Waals surface area contributed by atoms with E-state index in [1.807, 2.05) is 13.0 Å². The van der Waals surface area contributed by atoms with Crippen LogP contribution in [0, 0.1) is 6.92 Å². The lowest BCUT2D eigenvalue weighted by Gasteiger charge is -2.22. The van der Waals surface area contributed by atoms with Crippen LogP contribution in [0.5, 0.6) is 11.5 Å². The molecule has 1 aliphatic rings. The summed E-state index contributed by atoms with van der Waals surface area (Å²) in [7, 11) is 0. The van der Waals surface area contributed by atoms with E-state index in [2.05, 4.69) is 6.92 Å². The number of Topliss-reactive ketones (excluding diaryl/α,β-unsaturated/α-hetero) is 1. The van der Waals surface area contributed by atoms with Gasteiger partial charge in [0.1, 0.15) is 18.1 Å². The van der Waals surface area contributed by atoms with E-state index in [-0.39, 0.29) is 30.5 Å². The highest BCUT2D eigenvalue weighted by atomic mass is 16.5. The molecule has 1 heterocycles. The quantitative estimate of drug-likeness (QED) is 0.834. The summed E-state index contributed by atoms with van der Waals surface area (Å²) < 4.78 is 5.19. The number of allylic oxidation sites excluding steroid dienone is 2. The Hall–Kier alpha value is -1.81. The number of hydrogen-bond acceptors (Lipinski definition) is 4. The van der Waals surface area contributed by atoms with E-state index < -0.39 is 0 Å². The summed E-state index contributed by atoms with van der Waals surface area (Å²) in [5.41, 5.74) is 3.16. The van der Waals surface area contributed by atoms with Crippen LogP contribution in [-0.2, 0) is 17.8 Å². The average Bonchev–Trinajstić information content (AvgIpc) is 2.45. The van der Waals surface area contributed by atoms with Crippen molar-refractivity contribution in [3.63, 3.8) is 0 Å². The summed E-state index contributed by atoms with van der Waals surface area (Å²) in [6.07, 6.45) is 4.46. The second-order valence-corrected chi connectivity index (χ2v) is 5.57. The Labute approximate surface area is 125 Å². The number of phenols is 2. The van der Waals surface area contributed by atoms with Gasteiger partial charge < -0.3 is 14.9 Å². The second kappa shape index (κ2) is 6.31. The molecule has 2 rings (SSSR count). The van der Waals surface area contributed by atoms with Crippen LogP contribution in [0.2, 0.25) is 0 Å². The number of carbonyl (C=O) groups excluding carboxylic acids is 1. The zero-order chi connectivity index (χ0) is 15.6. The van der Waals surface area contributed by atoms with Crippen molar-refractivity contribution in [3.05, 3.63) is 33.9 Å². The van der Waals surface area contributed by atoms with Crippen LogP contribution in [0.25, 0.3) is 0 Å². The number of aromatic hydroxyl groups is 2. The third-order valence-electron chi connectivity index (χ3n) is 3.98. The minimum absolute atomic E-state index is 0.0189. The maximum Gasteiger partial charge on any atom is 0.192 e. The van der Waals surface area contributed by atoms with Crippen LogP contribution < -0.4 is 0 Å². The highest BCUT2D eigenvalue weighted by Gasteiger charge is 2.28. The second-order valence-electron chi connectivity index (χ2n) is 5.57. The zero-order valence-corrected chi connectivity index (χ0v) is 12.8. The Kier molecular flexibility index (Phi) is 4.68. The highest BCUT2D eigenvalue weighted by molar-refractivity contribution is 6.02. The summed E-state index contributed by atoms with van der Waals surface area (Å²) in [6.45, 7) is 6.12.